The summed E-state index contributed by atoms with van der Waals surface area (Å²) in [4.78, 5) is 13.2. The van der Waals surface area contributed by atoms with Crippen LogP contribution in [-0.2, 0) is 4.79 Å². The highest BCUT2D eigenvalue weighted by Gasteiger charge is 2.34. The van der Waals surface area contributed by atoms with E-state index in [2.05, 4.69) is 5.32 Å². The normalized spacial score (nSPS) is 22.1. The van der Waals surface area contributed by atoms with Crippen molar-refractivity contribution in [1.29, 1.82) is 0 Å². The van der Waals surface area contributed by atoms with Crippen LogP contribution >= 0.6 is 0 Å². The van der Waals surface area contributed by atoms with E-state index < -0.39 is 12.0 Å². The van der Waals surface area contributed by atoms with Crippen molar-refractivity contribution in [2.24, 2.45) is 0 Å². The van der Waals surface area contributed by atoms with Crippen molar-refractivity contribution >= 4 is 5.97 Å². The monoisotopic (exact) mass is 266 g/mol. The van der Waals surface area contributed by atoms with E-state index >= 15 is 0 Å². The zero-order chi connectivity index (χ0) is 13.8. The third-order valence-electron chi connectivity index (χ3n) is 3.62. The van der Waals surface area contributed by atoms with Crippen LogP contribution in [0, 0.1) is 5.82 Å². The van der Waals surface area contributed by atoms with Crippen molar-refractivity contribution in [1.82, 2.24) is 10.2 Å². The van der Waals surface area contributed by atoms with E-state index in [-0.39, 0.29) is 11.9 Å². The van der Waals surface area contributed by atoms with Gasteiger partial charge in [-0.1, -0.05) is 25.1 Å². The van der Waals surface area contributed by atoms with Gasteiger partial charge in [0.2, 0.25) is 0 Å². The zero-order valence-corrected chi connectivity index (χ0v) is 11.0. The summed E-state index contributed by atoms with van der Waals surface area (Å²) in [6.45, 7) is 3.71. The standard InChI is InChI=1S/C14H19FN2O2/c1-2-12(10-5-3-4-6-11(10)15)17-8-7-16-9-13(17)14(18)19/h3-6,12-13,16H,2,7-9H2,1H3,(H,18,19). The molecule has 1 aromatic carbocycles. The maximum absolute atomic E-state index is 13.9. The van der Waals surface area contributed by atoms with Gasteiger partial charge in [-0.15, -0.1) is 0 Å². The van der Waals surface area contributed by atoms with E-state index in [4.69, 9.17) is 0 Å². The minimum absolute atomic E-state index is 0.190. The molecule has 2 unspecified atom stereocenters. The van der Waals surface area contributed by atoms with Crippen LogP contribution in [-0.4, -0.2) is 41.7 Å². The molecule has 1 saturated heterocycles. The molecular formula is C14H19FN2O2. The minimum Gasteiger partial charge on any atom is -0.480 e. The number of hydrogen-bond acceptors (Lipinski definition) is 3. The Kier molecular flexibility index (Phi) is 4.50. The Morgan fingerprint density at radius 3 is 2.95 bits per heavy atom. The second kappa shape index (κ2) is 6.12. The van der Waals surface area contributed by atoms with Crippen LogP contribution in [0.3, 0.4) is 0 Å². The second-order valence-electron chi connectivity index (χ2n) is 4.74. The van der Waals surface area contributed by atoms with E-state index in [0.29, 0.717) is 25.1 Å². The Labute approximate surface area is 112 Å². The summed E-state index contributed by atoms with van der Waals surface area (Å²) in [6, 6.07) is 5.82. The first-order valence-electron chi connectivity index (χ1n) is 6.58. The van der Waals surface area contributed by atoms with Crippen molar-refractivity contribution in [2.45, 2.75) is 25.4 Å². The maximum Gasteiger partial charge on any atom is 0.322 e. The first-order valence-corrected chi connectivity index (χ1v) is 6.58. The van der Waals surface area contributed by atoms with Gasteiger partial charge >= 0.3 is 5.97 Å². The van der Waals surface area contributed by atoms with Gasteiger partial charge in [0.15, 0.2) is 0 Å². The fraction of sp³-hybridized carbons (Fsp3) is 0.500. The number of carboxylic acids is 1. The van der Waals surface area contributed by atoms with E-state index in [9.17, 15) is 14.3 Å². The zero-order valence-electron chi connectivity index (χ0n) is 11.0. The molecule has 2 N–H and O–H groups in total. The summed E-state index contributed by atoms with van der Waals surface area (Å²) < 4.78 is 13.9. The average molecular weight is 266 g/mol. The summed E-state index contributed by atoms with van der Waals surface area (Å²) in [7, 11) is 0. The van der Waals surface area contributed by atoms with E-state index in [1.807, 2.05) is 11.8 Å². The quantitative estimate of drug-likeness (QED) is 0.870. The number of carbonyl (C=O) groups is 1. The van der Waals surface area contributed by atoms with Gasteiger partial charge in [-0.3, -0.25) is 9.69 Å². The number of aliphatic carboxylic acids is 1. The van der Waals surface area contributed by atoms with Gasteiger partial charge in [0.25, 0.3) is 0 Å². The van der Waals surface area contributed by atoms with Gasteiger partial charge in [0, 0.05) is 31.2 Å². The molecule has 0 amide bonds. The molecule has 0 aromatic heterocycles. The van der Waals surface area contributed by atoms with Gasteiger partial charge in [-0.2, -0.15) is 0 Å². The van der Waals surface area contributed by atoms with Crippen LogP contribution in [0.4, 0.5) is 4.39 Å². The van der Waals surface area contributed by atoms with Gasteiger partial charge in [-0.25, -0.2) is 4.39 Å². The lowest BCUT2D eigenvalue weighted by atomic mass is 9.99. The Morgan fingerprint density at radius 2 is 2.32 bits per heavy atom. The lowest BCUT2D eigenvalue weighted by molar-refractivity contribution is -0.145. The highest BCUT2D eigenvalue weighted by molar-refractivity contribution is 5.74. The van der Waals surface area contributed by atoms with E-state index in [1.54, 1.807) is 18.2 Å². The lowest BCUT2D eigenvalue weighted by Crippen LogP contribution is -2.55. The molecule has 0 radical (unpaired) electrons. The average Bonchev–Trinajstić information content (AvgIpc) is 2.42. The van der Waals surface area contributed by atoms with Crippen LogP contribution in [0.5, 0.6) is 0 Å². The number of piperazine rings is 1. The van der Waals surface area contributed by atoms with Gasteiger partial charge in [-0.05, 0) is 12.5 Å². The molecule has 1 fully saturated rings. The number of halogens is 1. The number of rotatable bonds is 4. The predicted molar refractivity (Wildman–Crippen MR) is 70.4 cm³/mol. The van der Waals surface area contributed by atoms with Crippen molar-refractivity contribution in [3.8, 4) is 0 Å². The summed E-state index contributed by atoms with van der Waals surface area (Å²) in [5.74, 6) is -1.13. The lowest BCUT2D eigenvalue weighted by Gasteiger charge is -2.39. The Balaban J connectivity index is 2.30. The molecule has 0 saturated carbocycles. The van der Waals surface area contributed by atoms with Crippen LogP contribution in [0.15, 0.2) is 24.3 Å². The highest BCUT2D eigenvalue weighted by atomic mass is 19.1. The highest BCUT2D eigenvalue weighted by Crippen LogP contribution is 2.28. The third kappa shape index (κ3) is 2.93. The molecule has 1 aliphatic rings. The Morgan fingerprint density at radius 1 is 1.58 bits per heavy atom. The van der Waals surface area contributed by atoms with Crippen LogP contribution in [0.1, 0.15) is 24.9 Å². The molecule has 2 rings (SSSR count). The molecule has 104 valence electrons. The van der Waals surface area contributed by atoms with Crippen molar-refractivity contribution in [2.75, 3.05) is 19.6 Å². The molecule has 5 heteroatoms. The SMILES string of the molecule is CCC(c1ccccc1F)N1CCNCC1C(=O)O. The molecule has 0 bridgehead atoms. The minimum atomic E-state index is -0.859. The molecule has 1 heterocycles. The fourth-order valence-electron chi connectivity index (χ4n) is 2.70. The van der Waals surface area contributed by atoms with E-state index in [1.165, 1.54) is 6.07 Å². The molecule has 4 nitrogen and oxygen atoms in total. The van der Waals surface area contributed by atoms with Gasteiger partial charge in [0.1, 0.15) is 11.9 Å². The molecule has 0 aliphatic carbocycles. The largest absolute Gasteiger partial charge is 0.480 e. The second-order valence-corrected chi connectivity index (χ2v) is 4.74. The molecule has 0 spiro atoms. The van der Waals surface area contributed by atoms with Crippen LogP contribution < -0.4 is 5.32 Å². The molecule has 19 heavy (non-hydrogen) atoms. The molecular weight excluding hydrogens is 247 g/mol. The smallest absolute Gasteiger partial charge is 0.322 e. The Hall–Kier alpha value is -1.46. The number of nitrogens with one attached hydrogen (secondary N) is 1. The number of carboxylic acid groups (broad SMARTS) is 1. The van der Waals surface area contributed by atoms with Crippen molar-refractivity contribution < 1.29 is 14.3 Å². The Bertz CT molecular complexity index is 453. The summed E-state index contributed by atoms with van der Waals surface area (Å²) in [6.07, 6.45) is 0.685. The molecule has 2 atom stereocenters. The molecule has 1 aromatic rings. The topological polar surface area (TPSA) is 52.6 Å². The van der Waals surface area contributed by atoms with Gasteiger partial charge in [0.05, 0.1) is 0 Å². The number of benzene rings is 1. The van der Waals surface area contributed by atoms with Crippen molar-refractivity contribution in [3.05, 3.63) is 35.6 Å². The third-order valence-corrected chi connectivity index (χ3v) is 3.62. The van der Waals surface area contributed by atoms with E-state index in [0.717, 1.165) is 6.54 Å². The first-order chi connectivity index (χ1) is 9.15. The summed E-state index contributed by atoms with van der Waals surface area (Å²) in [5, 5.41) is 12.4. The summed E-state index contributed by atoms with van der Waals surface area (Å²) in [5.41, 5.74) is 0.582. The summed E-state index contributed by atoms with van der Waals surface area (Å²) >= 11 is 0. The molecule has 1 aliphatic heterocycles. The van der Waals surface area contributed by atoms with Crippen LogP contribution in [0.25, 0.3) is 0 Å². The number of hydrogen-bond donors (Lipinski definition) is 2. The van der Waals surface area contributed by atoms with Gasteiger partial charge < -0.3 is 10.4 Å². The first kappa shape index (κ1) is 14.0. The van der Waals surface area contributed by atoms with Crippen molar-refractivity contribution in [3.63, 3.8) is 0 Å². The van der Waals surface area contributed by atoms with Crippen LogP contribution in [0.2, 0.25) is 0 Å². The fourth-order valence-corrected chi connectivity index (χ4v) is 2.70. The maximum atomic E-state index is 13.9. The predicted octanol–water partition coefficient (Wildman–Crippen LogP) is 1.64. The number of nitrogens with zero attached hydrogens (tertiary/aromatic N) is 1.